The van der Waals surface area contributed by atoms with Gasteiger partial charge in [0.15, 0.2) is 5.65 Å². The van der Waals surface area contributed by atoms with Gasteiger partial charge in [0.25, 0.3) is 10.0 Å². The Morgan fingerprint density at radius 1 is 1.11 bits per heavy atom. The molecular weight excluding hydrogens is 372 g/mol. The van der Waals surface area contributed by atoms with E-state index in [4.69, 9.17) is 0 Å². The Balaban J connectivity index is 1.53. The third-order valence-corrected chi connectivity index (χ3v) is 7.85. The standard InChI is InChI=1S/C21H24N4O2S/c1-14-11-23-21-19(20(14)24-17-9-15-12-22-13-16(15)10-17)7-8-25(21)28(26,27)18-5-3-2-4-6-18/h2-8,11,15-17,22H,9-10,12-13H2,1H3,(H,23,24)/t15-,16+,17?. The van der Waals surface area contributed by atoms with Gasteiger partial charge in [-0.1, -0.05) is 18.2 Å². The molecule has 0 radical (unpaired) electrons. The normalized spacial score (nSPS) is 24.5. The van der Waals surface area contributed by atoms with E-state index in [2.05, 4.69) is 15.6 Å². The Labute approximate surface area is 165 Å². The largest absolute Gasteiger partial charge is 0.381 e. The molecule has 1 aliphatic carbocycles. The van der Waals surface area contributed by atoms with Gasteiger partial charge in [-0.2, -0.15) is 0 Å². The number of aromatic nitrogens is 2. The van der Waals surface area contributed by atoms with Gasteiger partial charge in [0.05, 0.1) is 4.90 Å². The zero-order valence-corrected chi connectivity index (χ0v) is 16.6. The summed E-state index contributed by atoms with van der Waals surface area (Å²) >= 11 is 0. The van der Waals surface area contributed by atoms with Crippen molar-refractivity contribution in [3.05, 3.63) is 54.4 Å². The van der Waals surface area contributed by atoms with Crippen molar-refractivity contribution in [2.24, 2.45) is 11.8 Å². The second-order valence-electron chi connectivity index (χ2n) is 7.97. The monoisotopic (exact) mass is 396 g/mol. The van der Waals surface area contributed by atoms with E-state index < -0.39 is 10.0 Å². The number of anilines is 1. The van der Waals surface area contributed by atoms with Crippen LogP contribution in [-0.4, -0.2) is 36.5 Å². The maximum atomic E-state index is 13.1. The fourth-order valence-electron chi connectivity index (χ4n) is 4.74. The molecule has 2 N–H and O–H groups in total. The highest BCUT2D eigenvalue weighted by molar-refractivity contribution is 7.90. The number of benzene rings is 1. The molecular formula is C21H24N4O2S. The molecule has 1 saturated carbocycles. The third kappa shape index (κ3) is 2.81. The number of fused-ring (bicyclic) bond motifs is 2. The fraction of sp³-hybridized carbons (Fsp3) is 0.381. The van der Waals surface area contributed by atoms with Gasteiger partial charge in [0, 0.05) is 29.5 Å². The van der Waals surface area contributed by atoms with E-state index in [1.165, 1.54) is 3.97 Å². The van der Waals surface area contributed by atoms with Crippen LogP contribution in [0.1, 0.15) is 18.4 Å². The maximum absolute atomic E-state index is 13.1. The van der Waals surface area contributed by atoms with Crippen LogP contribution >= 0.6 is 0 Å². The summed E-state index contributed by atoms with van der Waals surface area (Å²) in [6, 6.07) is 10.8. The second-order valence-corrected chi connectivity index (χ2v) is 9.79. The summed E-state index contributed by atoms with van der Waals surface area (Å²) in [6.07, 6.45) is 5.69. The average Bonchev–Trinajstić information content (AvgIpc) is 3.39. The Morgan fingerprint density at radius 2 is 1.82 bits per heavy atom. The molecule has 1 aliphatic heterocycles. The van der Waals surface area contributed by atoms with Gasteiger partial charge >= 0.3 is 0 Å². The van der Waals surface area contributed by atoms with Crippen LogP contribution in [0.25, 0.3) is 11.0 Å². The van der Waals surface area contributed by atoms with Gasteiger partial charge < -0.3 is 10.6 Å². The molecule has 1 saturated heterocycles. The van der Waals surface area contributed by atoms with Crippen LogP contribution in [0.15, 0.2) is 53.7 Å². The number of hydrogen-bond donors (Lipinski definition) is 2. The van der Waals surface area contributed by atoms with Crippen molar-refractivity contribution in [2.45, 2.75) is 30.7 Å². The molecule has 5 rings (SSSR count). The van der Waals surface area contributed by atoms with E-state index in [0.717, 1.165) is 54.4 Å². The van der Waals surface area contributed by atoms with Crippen molar-refractivity contribution < 1.29 is 8.42 Å². The summed E-state index contributed by atoms with van der Waals surface area (Å²) in [7, 11) is -3.67. The summed E-state index contributed by atoms with van der Waals surface area (Å²) in [4.78, 5) is 4.72. The molecule has 3 atom stereocenters. The predicted molar refractivity (Wildman–Crippen MR) is 110 cm³/mol. The zero-order chi connectivity index (χ0) is 19.3. The maximum Gasteiger partial charge on any atom is 0.269 e. The molecule has 6 nitrogen and oxygen atoms in total. The summed E-state index contributed by atoms with van der Waals surface area (Å²) in [5, 5.41) is 8.04. The quantitative estimate of drug-likeness (QED) is 0.709. The summed E-state index contributed by atoms with van der Waals surface area (Å²) < 4.78 is 27.4. The first-order valence-corrected chi connectivity index (χ1v) is 11.2. The molecule has 3 heterocycles. The molecule has 2 fully saturated rings. The molecule has 1 unspecified atom stereocenters. The first-order chi connectivity index (χ1) is 13.5. The molecule has 2 aromatic heterocycles. The highest BCUT2D eigenvalue weighted by atomic mass is 32.2. The van der Waals surface area contributed by atoms with Crippen LogP contribution < -0.4 is 10.6 Å². The Morgan fingerprint density at radius 3 is 2.54 bits per heavy atom. The van der Waals surface area contributed by atoms with Crippen LogP contribution in [0, 0.1) is 18.8 Å². The fourth-order valence-corrected chi connectivity index (χ4v) is 6.06. The van der Waals surface area contributed by atoms with Crippen molar-refractivity contribution in [2.75, 3.05) is 18.4 Å². The minimum absolute atomic E-state index is 0.264. The lowest BCUT2D eigenvalue weighted by Gasteiger charge is -2.18. The molecule has 1 aromatic carbocycles. The van der Waals surface area contributed by atoms with Crippen molar-refractivity contribution in [1.82, 2.24) is 14.3 Å². The molecule has 28 heavy (non-hydrogen) atoms. The van der Waals surface area contributed by atoms with Gasteiger partial charge in [0.1, 0.15) is 0 Å². The molecule has 0 bridgehead atoms. The highest BCUT2D eigenvalue weighted by Gasteiger charge is 2.37. The molecule has 146 valence electrons. The molecule has 7 heteroatoms. The van der Waals surface area contributed by atoms with Gasteiger partial charge in [0.2, 0.25) is 0 Å². The van der Waals surface area contributed by atoms with E-state index in [1.807, 2.05) is 19.1 Å². The minimum Gasteiger partial charge on any atom is -0.381 e. The first kappa shape index (κ1) is 17.7. The lowest BCUT2D eigenvalue weighted by molar-refractivity contribution is 0.494. The number of aryl methyl sites for hydroxylation is 1. The number of nitrogens with one attached hydrogen (secondary N) is 2. The second kappa shape index (κ2) is 6.60. The van der Waals surface area contributed by atoms with E-state index in [-0.39, 0.29) is 4.90 Å². The number of pyridine rings is 1. The van der Waals surface area contributed by atoms with E-state index >= 15 is 0 Å². The van der Waals surface area contributed by atoms with Gasteiger partial charge in [-0.25, -0.2) is 17.4 Å². The molecule has 3 aromatic rings. The summed E-state index contributed by atoms with van der Waals surface area (Å²) in [5.41, 5.74) is 2.51. The van der Waals surface area contributed by atoms with E-state index in [1.54, 1.807) is 36.7 Å². The van der Waals surface area contributed by atoms with E-state index in [0.29, 0.717) is 11.7 Å². The summed E-state index contributed by atoms with van der Waals surface area (Å²) in [5.74, 6) is 1.50. The van der Waals surface area contributed by atoms with Crippen molar-refractivity contribution in [3.63, 3.8) is 0 Å². The Bertz CT molecular complexity index is 1110. The Kier molecular flexibility index (Phi) is 4.17. The minimum atomic E-state index is -3.67. The lowest BCUT2D eigenvalue weighted by Crippen LogP contribution is -2.21. The number of hydrogen-bond acceptors (Lipinski definition) is 5. The average molecular weight is 397 g/mol. The van der Waals surface area contributed by atoms with Crippen LogP contribution in [0.3, 0.4) is 0 Å². The van der Waals surface area contributed by atoms with Crippen molar-refractivity contribution in [3.8, 4) is 0 Å². The highest BCUT2D eigenvalue weighted by Crippen LogP contribution is 2.38. The molecule has 0 amide bonds. The van der Waals surface area contributed by atoms with Gasteiger partial charge in [-0.3, -0.25) is 0 Å². The van der Waals surface area contributed by atoms with E-state index in [9.17, 15) is 8.42 Å². The zero-order valence-electron chi connectivity index (χ0n) is 15.8. The SMILES string of the molecule is Cc1cnc2c(ccn2S(=O)(=O)c2ccccc2)c1NC1C[C@H]2CNC[C@H]2C1. The lowest BCUT2D eigenvalue weighted by atomic mass is 10.0. The molecule has 2 aliphatic rings. The van der Waals surface area contributed by atoms with Crippen LogP contribution in [0.4, 0.5) is 5.69 Å². The van der Waals surface area contributed by atoms with Gasteiger partial charge in [-0.15, -0.1) is 0 Å². The Hall–Kier alpha value is -2.38. The van der Waals surface area contributed by atoms with Gasteiger partial charge in [-0.05, 0) is 68.5 Å². The molecule has 0 spiro atoms. The number of rotatable bonds is 4. The van der Waals surface area contributed by atoms with Crippen molar-refractivity contribution >= 4 is 26.7 Å². The number of nitrogens with zero attached hydrogens (tertiary/aromatic N) is 2. The van der Waals surface area contributed by atoms with Crippen LogP contribution in [-0.2, 0) is 10.0 Å². The van der Waals surface area contributed by atoms with Crippen molar-refractivity contribution in [1.29, 1.82) is 0 Å². The first-order valence-electron chi connectivity index (χ1n) is 9.78. The van der Waals surface area contributed by atoms with Crippen LogP contribution in [0.5, 0.6) is 0 Å². The topological polar surface area (TPSA) is 76.0 Å². The summed E-state index contributed by atoms with van der Waals surface area (Å²) in [6.45, 7) is 4.24. The predicted octanol–water partition coefficient (Wildman–Crippen LogP) is 2.99. The van der Waals surface area contributed by atoms with Crippen LogP contribution in [0.2, 0.25) is 0 Å². The third-order valence-electron chi connectivity index (χ3n) is 6.17. The smallest absolute Gasteiger partial charge is 0.269 e.